The van der Waals surface area contributed by atoms with Gasteiger partial charge in [0.25, 0.3) is 11.7 Å². The summed E-state index contributed by atoms with van der Waals surface area (Å²) < 4.78 is 49.8. The summed E-state index contributed by atoms with van der Waals surface area (Å²) in [4.78, 5) is 28.0. The van der Waals surface area contributed by atoms with E-state index in [1.807, 2.05) is 0 Å². The Balaban J connectivity index is 1.66. The number of aliphatic hydroxyl groups excluding tert-OH is 1. The van der Waals surface area contributed by atoms with Gasteiger partial charge in [-0.15, -0.1) is 11.3 Å². The normalized spacial score (nSPS) is 19.2. The molecule has 5 rings (SSSR count). The standard InChI is InChI=1S/C24H16F3NO5S/c1-12-8-9-34-22(12)19-18(20(29)13-2-7-16-17(10-13)33-11-32-16)21(30)23(31)28(19)15-5-3-14(4-6-15)24(25,26)27/h2-10,19,29H,11H2,1H3/b20-18-. The number of halogens is 3. The summed E-state index contributed by atoms with van der Waals surface area (Å²) in [7, 11) is 0. The molecule has 1 amide bonds. The van der Waals surface area contributed by atoms with E-state index in [0.717, 1.165) is 34.7 Å². The Hall–Kier alpha value is -3.79. The summed E-state index contributed by atoms with van der Waals surface area (Å²) in [5, 5.41) is 12.9. The van der Waals surface area contributed by atoms with Crippen molar-refractivity contribution in [2.45, 2.75) is 19.1 Å². The number of hydrogen-bond acceptors (Lipinski definition) is 6. The van der Waals surface area contributed by atoms with Crippen molar-refractivity contribution in [3.63, 3.8) is 0 Å². The zero-order valence-electron chi connectivity index (χ0n) is 17.6. The Morgan fingerprint density at radius 1 is 1.06 bits per heavy atom. The Bertz CT molecular complexity index is 1340. The average Bonchev–Trinajstić information content (AvgIpc) is 3.51. The Labute approximate surface area is 195 Å². The molecule has 3 heterocycles. The third kappa shape index (κ3) is 3.50. The van der Waals surface area contributed by atoms with Crippen LogP contribution in [-0.2, 0) is 15.8 Å². The van der Waals surface area contributed by atoms with Crippen molar-refractivity contribution in [3.05, 3.63) is 81.1 Å². The number of aliphatic hydroxyl groups is 1. The number of carbonyl (C=O) groups is 2. The van der Waals surface area contributed by atoms with Crippen LogP contribution in [0.2, 0.25) is 0 Å². The molecular weight excluding hydrogens is 471 g/mol. The molecule has 3 aromatic rings. The van der Waals surface area contributed by atoms with Crippen molar-refractivity contribution in [2.24, 2.45) is 0 Å². The number of Topliss-reactive ketones (excluding diaryl/α,β-unsaturated/α-hetero) is 1. The number of anilines is 1. The lowest BCUT2D eigenvalue weighted by atomic mass is 9.98. The second-order valence-corrected chi connectivity index (χ2v) is 8.70. The maximum atomic E-state index is 13.1. The van der Waals surface area contributed by atoms with Gasteiger partial charge < -0.3 is 14.6 Å². The predicted molar refractivity (Wildman–Crippen MR) is 118 cm³/mol. The number of aryl methyl sites for hydroxylation is 1. The average molecular weight is 487 g/mol. The first-order valence-electron chi connectivity index (χ1n) is 10.1. The number of ether oxygens (including phenoxy) is 2. The van der Waals surface area contributed by atoms with Crippen molar-refractivity contribution in [1.82, 2.24) is 0 Å². The molecule has 1 aromatic heterocycles. The number of benzene rings is 2. The number of ketones is 1. The third-order valence-electron chi connectivity index (χ3n) is 5.71. The zero-order chi connectivity index (χ0) is 24.2. The summed E-state index contributed by atoms with van der Waals surface area (Å²) in [6.45, 7) is 1.81. The van der Waals surface area contributed by atoms with Crippen molar-refractivity contribution in [3.8, 4) is 11.5 Å². The molecule has 1 N–H and O–H groups in total. The van der Waals surface area contributed by atoms with E-state index in [1.165, 1.54) is 23.5 Å². The molecule has 0 radical (unpaired) electrons. The van der Waals surface area contributed by atoms with Crippen LogP contribution in [0.5, 0.6) is 11.5 Å². The van der Waals surface area contributed by atoms with Gasteiger partial charge in [0, 0.05) is 16.1 Å². The maximum absolute atomic E-state index is 13.1. The summed E-state index contributed by atoms with van der Waals surface area (Å²) in [5.74, 6) is -1.44. The lowest BCUT2D eigenvalue weighted by Crippen LogP contribution is -2.29. The molecule has 1 unspecified atom stereocenters. The van der Waals surface area contributed by atoms with Gasteiger partial charge in [-0.05, 0) is 66.4 Å². The van der Waals surface area contributed by atoms with E-state index < -0.39 is 35.2 Å². The summed E-state index contributed by atoms with van der Waals surface area (Å²) in [6.07, 6.45) is -4.55. The molecule has 10 heteroatoms. The van der Waals surface area contributed by atoms with Crippen LogP contribution in [-0.4, -0.2) is 23.6 Å². The van der Waals surface area contributed by atoms with Gasteiger partial charge in [0.2, 0.25) is 6.79 Å². The first-order valence-corrected chi connectivity index (χ1v) is 11.0. The van der Waals surface area contributed by atoms with Crippen molar-refractivity contribution < 1.29 is 37.3 Å². The molecule has 1 saturated heterocycles. The molecule has 2 aromatic carbocycles. The van der Waals surface area contributed by atoms with Crippen LogP contribution in [0.4, 0.5) is 18.9 Å². The highest BCUT2D eigenvalue weighted by molar-refractivity contribution is 7.10. The van der Waals surface area contributed by atoms with Crippen LogP contribution in [0.15, 0.2) is 59.5 Å². The van der Waals surface area contributed by atoms with Crippen LogP contribution >= 0.6 is 11.3 Å². The van der Waals surface area contributed by atoms with E-state index in [1.54, 1.807) is 24.4 Å². The molecule has 34 heavy (non-hydrogen) atoms. The first kappa shape index (κ1) is 22.0. The lowest BCUT2D eigenvalue weighted by Gasteiger charge is -2.25. The Morgan fingerprint density at radius 3 is 2.41 bits per heavy atom. The molecule has 174 valence electrons. The van der Waals surface area contributed by atoms with E-state index in [-0.39, 0.29) is 23.6 Å². The minimum atomic E-state index is -4.55. The Kier molecular flexibility index (Phi) is 5.12. The number of thiophene rings is 1. The quantitative estimate of drug-likeness (QED) is 0.303. The van der Waals surface area contributed by atoms with E-state index >= 15 is 0 Å². The van der Waals surface area contributed by atoms with Crippen LogP contribution in [0.3, 0.4) is 0 Å². The van der Waals surface area contributed by atoms with Gasteiger partial charge in [-0.3, -0.25) is 14.5 Å². The summed E-state index contributed by atoms with van der Waals surface area (Å²) >= 11 is 1.28. The number of alkyl halides is 3. The fraction of sp³-hybridized carbons (Fsp3) is 0.167. The van der Waals surface area contributed by atoms with E-state index in [2.05, 4.69) is 0 Å². The highest BCUT2D eigenvalue weighted by Crippen LogP contribution is 2.46. The largest absolute Gasteiger partial charge is 0.507 e. The zero-order valence-corrected chi connectivity index (χ0v) is 18.4. The van der Waals surface area contributed by atoms with Gasteiger partial charge in [-0.2, -0.15) is 13.2 Å². The second kappa shape index (κ2) is 7.91. The third-order valence-corrected chi connectivity index (χ3v) is 6.78. The van der Waals surface area contributed by atoms with Crippen molar-refractivity contribution in [2.75, 3.05) is 11.7 Å². The molecule has 0 aliphatic carbocycles. The summed E-state index contributed by atoms with van der Waals surface area (Å²) in [6, 6.07) is 9.39. The number of hydrogen-bond donors (Lipinski definition) is 1. The van der Waals surface area contributed by atoms with Crippen LogP contribution in [0.25, 0.3) is 5.76 Å². The van der Waals surface area contributed by atoms with Gasteiger partial charge in [0.05, 0.1) is 11.1 Å². The molecule has 0 saturated carbocycles. The Morgan fingerprint density at radius 2 is 1.76 bits per heavy atom. The smallest absolute Gasteiger partial charge is 0.416 e. The second-order valence-electron chi connectivity index (χ2n) is 7.75. The van der Waals surface area contributed by atoms with Crippen LogP contribution < -0.4 is 14.4 Å². The number of nitrogens with zero attached hydrogens (tertiary/aromatic N) is 1. The highest BCUT2D eigenvalue weighted by Gasteiger charge is 2.48. The van der Waals surface area contributed by atoms with Crippen molar-refractivity contribution >= 4 is 34.5 Å². The SMILES string of the molecule is Cc1ccsc1C1/C(=C(/O)c2ccc3c(c2)OCO3)C(=O)C(=O)N1c1ccc(C(F)(F)F)cc1. The van der Waals surface area contributed by atoms with Gasteiger partial charge in [0.1, 0.15) is 11.8 Å². The number of rotatable bonds is 3. The van der Waals surface area contributed by atoms with Crippen LogP contribution in [0, 0.1) is 6.92 Å². The number of amides is 1. The molecule has 2 aliphatic rings. The summed E-state index contributed by atoms with van der Waals surface area (Å²) in [5.41, 5.74) is 0.0864. The van der Waals surface area contributed by atoms with E-state index in [0.29, 0.717) is 16.4 Å². The van der Waals surface area contributed by atoms with Gasteiger partial charge in [0.15, 0.2) is 11.5 Å². The van der Waals surface area contributed by atoms with Gasteiger partial charge in [-0.1, -0.05) is 0 Å². The monoisotopic (exact) mass is 487 g/mol. The van der Waals surface area contributed by atoms with Gasteiger partial charge >= 0.3 is 6.18 Å². The fourth-order valence-electron chi connectivity index (χ4n) is 4.02. The minimum Gasteiger partial charge on any atom is -0.507 e. The molecule has 2 aliphatic heterocycles. The minimum absolute atomic E-state index is 0.0201. The topological polar surface area (TPSA) is 76.1 Å². The van der Waals surface area contributed by atoms with Crippen LogP contribution in [0.1, 0.15) is 27.6 Å². The molecular formula is C24H16F3NO5S. The van der Waals surface area contributed by atoms with Crippen molar-refractivity contribution in [1.29, 1.82) is 0 Å². The van der Waals surface area contributed by atoms with E-state index in [9.17, 15) is 27.9 Å². The van der Waals surface area contributed by atoms with E-state index in [4.69, 9.17) is 9.47 Å². The first-order chi connectivity index (χ1) is 16.2. The predicted octanol–water partition coefficient (Wildman–Crippen LogP) is 5.43. The number of carbonyl (C=O) groups excluding carboxylic acids is 2. The highest BCUT2D eigenvalue weighted by atomic mass is 32.1. The fourth-order valence-corrected chi connectivity index (χ4v) is 5.05. The lowest BCUT2D eigenvalue weighted by molar-refractivity contribution is -0.137. The molecule has 0 bridgehead atoms. The maximum Gasteiger partial charge on any atom is 0.416 e. The molecule has 6 nitrogen and oxygen atoms in total. The molecule has 0 spiro atoms. The molecule has 1 atom stereocenters. The van der Waals surface area contributed by atoms with Gasteiger partial charge in [-0.25, -0.2) is 0 Å². The number of fused-ring (bicyclic) bond motifs is 1. The molecule has 1 fully saturated rings.